The van der Waals surface area contributed by atoms with Gasteiger partial charge in [0, 0.05) is 18.9 Å². The summed E-state index contributed by atoms with van der Waals surface area (Å²) in [4.78, 5) is 38.5. The van der Waals surface area contributed by atoms with Crippen molar-refractivity contribution in [2.75, 3.05) is 19.8 Å². The van der Waals surface area contributed by atoms with Crippen LogP contribution in [0.1, 0.15) is 57.4 Å². The van der Waals surface area contributed by atoms with Crippen LogP contribution in [-0.4, -0.2) is 63.9 Å². The zero-order chi connectivity index (χ0) is 26.7. The number of allylic oxidation sites excluding steroid dienone is 1. The van der Waals surface area contributed by atoms with Crippen LogP contribution in [0.2, 0.25) is 5.02 Å². The number of phenols is 1. The van der Waals surface area contributed by atoms with Gasteiger partial charge in [0.2, 0.25) is 11.8 Å². The maximum Gasteiger partial charge on any atom is 0.303 e. The Morgan fingerprint density at radius 2 is 1.95 bits per heavy atom. The average molecular weight is 532 g/mol. The minimum Gasteiger partial charge on any atom is -0.508 e. The Bertz CT molecular complexity index is 1130. The highest BCUT2D eigenvalue weighted by Crippen LogP contribution is 2.49. The van der Waals surface area contributed by atoms with Crippen LogP contribution in [0.5, 0.6) is 5.75 Å². The molecule has 9 heteroatoms. The van der Waals surface area contributed by atoms with Gasteiger partial charge in [-0.3, -0.25) is 19.3 Å². The van der Waals surface area contributed by atoms with Crippen molar-refractivity contribution in [3.8, 4) is 5.75 Å². The number of aliphatic carboxylic acids is 1. The third kappa shape index (κ3) is 5.92. The van der Waals surface area contributed by atoms with Gasteiger partial charge in [0.1, 0.15) is 5.75 Å². The highest BCUT2D eigenvalue weighted by Gasteiger charge is 2.56. The lowest BCUT2D eigenvalue weighted by molar-refractivity contribution is -0.141. The summed E-state index contributed by atoms with van der Waals surface area (Å²) < 4.78 is 6.14. The predicted molar refractivity (Wildman–Crippen MR) is 138 cm³/mol. The van der Waals surface area contributed by atoms with E-state index in [4.69, 9.17) is 21.4 Å². The molecule has 3 N–H and O–H groups in total. The van der Waals surface area contributed by atoms with E-state index in [1.165, 1.54) is 11.0 Å². The number of aliphatic hydroxyl groups excluding tert-OH is 1. The topological polar surface area (TPSA) is 124 Å². The number of phenolic OH excluding ortho intramolecular Hbond substituents is 1. The van der Waals surface area contributed by atoms with Gasteiger partial charge in [-0.05, 0) is 73.9 Å². The van der Waals surface area contributed by atoms with Gasteiger partial charge in [0.05, 0.1) is 36.2 Å². The minimum absolute atomic E-state index is 0.0811. The van der Waals surface area contributed by atoms with E-state index >= 15 is 0 Å². The van der Waals surface area contributed by atoms with E-state index in [1.54, 1.807) is 12.1 Å². The first-order valence-electron chi connectivity index (χ1n) is 12.9. The number of carbonyl (C=O) groups is 3. The van der Waals surface area contributed by atoms with Crippen molar-refractivity contribution in [3.63, 3.8) is 0 Å². The number of benzene rings is 1. The predicted octanol–water partition coefficient (Wildman–Crippen LogP) is 4.18. The smallest absolute Gasteiger partial charge is 0.303 e. The molecule has 1 aromatic carbocycles. The lowest BCUT2D eigenvalue weighted by Gasteiger charge is -2.31. The van der Waals surface area contributed by atoms with Crippen molar-refractivity contribution >= 4 is 35.5 Å². The SMILES string of the molecule is C/C(=C\c1ccc(O)cc1Cl)CC[C@H]1OC[C@H]2C1=C(CO)C[C@H]1C(=O)N(CCCCCC(=O)O)C(=O)[C@H]12. The molecular formula is C28H34ClNO7. The number of nitrogens with zero attached hydrogens (tertiary/aromatic N) is 1. The maximum atomic E-state index is 13.3. The molecule has 0 spiro atoms. The second-order valence-electron chi connectivity index (χ2n) is 10.2. The monoisotopic (exact) mass is 531 g/mol. The summed E-state index contributed by atoms with van der Waals surface area (Å²) in [6.07, 6.45) is 5.34. The normalized spacial score (nSPS) is 25.6. The lowest BCUT2D eigenvalue weighted by atomic mass is 9.69. The Kier molecular flexibility index (Phi) is 8.72. The van der Waals surface area contributed by atoms with Crippen LogP contribution >= 0.6 is 11.6 Å². The molecule has 0 aromatic heterocycles. The molecular weight excluding hydrogens is 498 g/mol. The lowest BCUT2D eigenvalue weighted by Crippen LogP contribution is -2.35. The van der Waals surface area contributed by atoms with Crippen molar-refractivity contribution < 1.29 is 34.4 Å². The molecule has 2 aliphatic heterocycles. The first kappa shape index (κ1) is 27.4. The van der Waals surface area contributed by atoms with Gasteiger partial charge in [-0.1, -0.05) is 29.7 Å². The summed E-state index contributed by atoms with van der Waals surface area (Å²) >= 11 is 6.23. The second kappa shape index (κ2) is 11.8. The van der Waals surface area contributed by atoms with Gasteiger partial charge in [-0.15, -0.1) is 0 Å². The van der Waals surface area contributed by atoms with Crippen LogP contribution in [-0.2, 0) is 19.1 Å². The molecule has 200 valence electrons. The molecule has 0 bridgehead atoms. The summed E-state index contributed by atoms with van der Waals surface area (Å²) in [6.45, 7) is 2.49. The molecule has 0 radical (unpaired) electrons. The second-order valence-corrected chi connectivity index (χ2v) is 10.7. The van der Waals surface area contributed by atoms with Crippen molar-refractivity contribution in [3.05, 3.63) is 45.5 Å². The fraction of sp³-hybridized carbons (Fsp3) is 0.536. The Labute approximate surface area is 221 Å². The molecule has 4 atom stereocenters. The standard InChI is InChI=1S/C28H34ClNO7/c1-16(11-17-7-8-19(32)13-22(17)29)6-9-23-25-18(14-31)12-20-26(21(25)15-37-23)28(36)30(27(20)35)10-4-2-3-5-24(33)34/h7-8,11,13,20-21,23,26,31-32H,2-6,9-10,12,14-15H2,1H3,(H,33,34)/b16-11+/t20-,21+,23-,26-/m1/s1. The number of rotatable bonds is 11. The Morgan fingerprint density at radius 1 is 1.16 bits per heavy atom. The van der Waals surface area contributed by atoms with Crippen LogP contribution < -0.4 is 0 Å². The minimum atomic E-state index is -0.847. The van der Waals surface area contributed by atoms with Gasteiger partial charge < -0.3 is 20.1 Å². The summed E-state index contributed by atoms with van der Waals surface area (Å²) in [6, 6.07) is 4.85. The molecule has 2 fully saturated rings. The summed E-state index contributed by atoms with van der Waals surface area (Å²) in [5.41, 5.74) is 3.68. The number of fused-ring (bicyclic) bond motifs is 3. The quantitative estimate of drug-likeness (QED) is 0.222. The molecule has 0 saturated carbocycles. The number of aliphatic hydroxyl groups is 1. The van der Waals surface area contributed by atoms with E-state index in [2.05, 4.69) is 0 Å². The van der Waals surface area contributed by atoms with Gasteiger partial charge in [-0.2, -0.15) is 0 Å². The number of amides is 2. The summed E-state index contributed by atoms with van der Waals surface area (Å²) in [7, 11) is 0. The molecule has 1 aromatic rings. The fourth-order valence-corrected chi connectivity index (χ4v) is 6.19. The van der Waals surface area contributed by atoms with Crippen LogP contribution in [0.4, 0.5) is 0 Å². The maximum absolute atomic E-state index is 13.3. The van der Waals surface area contributed by atoms with E-state index in [0.29, 0.717) is 50.3 Å². The van der Waals surface area contributed by atoms with Gasteiger partial charge in [-0.25, -0.2) is 0 Å². The average Bonchev–Trinajstić information content (AvgIpc) is 3.38. The molecule has 8 nitrogen and oxygen atoms in total. The van der Waals surface area contributed by atoms with Crippen molar-refractivity contribution in [2.45, 2.75) is 58.0 Å². The van der Waals surface area contributed by atoms with Crippen LogP contribution in [0.25, 0.3) is 6.08 Å². The van der Waals surface area contributed by atoms with E-state index in [1.807, 2.05) is 13.0 Å². The highest BCUT2D eigenvalue weighted by atomic mass is 35.5. The van der Waals surface area contributed by atoms with E-state index < -0.39 is 17.8 Å². The largest absolute Gasteiger partial charge is 0.508 e. The number of carboxylic acid groups (broad SMARTS) is 1. The molecule has 3 aliphatic rings. The van der Waals surface area contributed by atoms with Crippen LogP contribution in [0.3, 0.4) is 0 Å². The molecule has 2 saturated heterocycles. The number of halogens is 1. The van der Waals surface area contributed by atoms with Gasteiger partial charge in [0.25, 0.3) is 0 Å². The molecule has 1 aliphatic carbocycles. The Hall–Kier alpha value is -2.68. The molecule has 2 heterocycles. The van der Waals surface area contributed by atoms with Gasteiger partial charge in [0.15, 0.2) is 0 Å². The van der Waals surface area contributed by atoms with E-state index in [9.17, 15) is 24.6 Å². The van der Waals surface area contributed by atoms with E-state index in [-0.39, 0.29) is 42.6 Å². The first-order valence-corrected chi connectivity index (χ1v) is 13.3. The van der Waals surface area contributed by atoms with Crippen molar-refractivity contribution in [2.24, 2.45) is 17.8 Å². The number of hydrogen-bond donors (Lipinski definition) is 3. The molecule has 4 rings (SSSR count). The highest BCUT2D eigenvalue weighted by molar-refractivity contribution is 6.32. The third-order valence-corrected chi connectivity index (χ3v) is 8.08. The summed E-state index contributed by atoms with van der Waals surface area (Å²) in [5, 5.41) is 29.0. The third-order valence-electron chi connectivity index (χ3n) is 7.75. The number of unbranched alkanes of at least 4 members (excludes halogenated alkanes) is 2. The Morgan fingerprint density at radius 3 is 2.65 bits per heavy atom. The van der Waals surface area contributed by atoms with Crippen molar-refractivity contribution in [1.29, 1.82) is 0 Å². The Balaban J connectivity index is 1.42. The van der Waals surface area contributed by atoms with Crippen LogP contribution in [0, 0.1) is 17.8 Å². The number of aromatic hydroxyl groups is 1. The fourth-order valence-electron chi connectivity index (χ4n) is 5.96. The molecule has 2 amide bonds. The summed E-state index contributed by atoms with van der Waals surface area (Å²) in [5.74, 6) is -2.24. The number of imide groups is 1. The number of hydrogen-bond acceptors (Lipinski definition) is 6. The molecule has 37 heavy (non-hydrogen) atoms. The molecule has 0 unspecified atom stereocenters. The van der Waals surface area contributed by atoms with Crippen LogP contribution in [0.15, 0.2) is 34.9 Å². The van der Waals surface area contributed by atoms with Gasteiger partial charge >= 0.3 is 5.97 Å². The zero-order valence-corrected chi connectivity index (χ0v) is 21.7. The number of likely N-dealkylation sites (tertiary alicyclic amines) is 1. The first-order chi connectivity index (χ1) is 17.7. The van der Waals surface area contributed by atoms with E-state index in [0.717, 1.165) is 28.7 Å². The van der Waals surface area contributed by atoms with Crippen molar-refractivity contribution in [1.82, 2.24) is 4.90 Å². The zero-order valence-electron chi connectivity index (χ0n) is 21.0. The number of ether oxygens (including phenoxy) is 1. The number of carbonyl (C=O) groups excluding carboxylic acids is 2. The number of carboxylic acids is 1.